The number of rotatable bonds is 5. The summed E-state index contributed by atoms with van der Waals surface area (Å²) in [5.41, 5.74) is 6.19. The number of amides is 1. The summed E-state index contributed by atoms with van der Waals surface area (Å²) in [5.74, 6) is 1.74. The minimum atomic E-state index is -0.320. The van der Waals surface area contributed by atoms with Gasteiger partial charge in [0.25, 0.3) is 5.91 Å². The van der Waals surface area contributed by atoms with Crippen LogP contribution < -0.4 is 19.6 Å². The van der Waals surface area contributed by atoms with Crippen LogP contribution in [-0.4, -0.2) is 25.0 Å². The molecule has 3 rings (SSSR count). The predicted octanol–water partition coefficient (Wildman–Crippen LogP) is 2.95. The molecule has 0 spiro atoms. The number of carbonyl (C=O) groups excluding carboxylic acids is 1. The maximum absolute atomic E-state index is 11.9. The largest absolute Gasteiger partial charge is 0.484 e. The summed E-state index contributed by atoms with van der Waals surface area (Å²) in [6.45, 7) is 5.91. The summed E-state index contributed by atoms with van der Waals surface area (Å²) in [6.07, 6.45) is 0. The molecule has 2 aromatic rings. The molecule has 0 unspecified atom stereocenters. The van der Waals surface area contributed by atoms with Crippen LogP contribution in [0.25, 0.3) is 0 Å². The van der Waals surface area contributed by atoms with Crippen LogP contribution >= 0.6 is 0 Å². The van der Waals surface area contributed by atoms with Gasteiger partial charge in [0.15, 0.2) is 18.1 Å². The number of nitrogens with one attached hydrogen (secondary N) is 1. The average molecular weight is 340 g/mol. The van der Waals surface area contributed by atoms with Crippen LogP contribution in [0.1, 0.15) is 23.6 Å². The van der Waals surface area contributed by atoms with Gasteiger partial charge in [0.1, 0.15) is 5.75 Å². The third-order valence-corrected chi connectivity index (χ3v) is 3.70. The Kier molecular flexibility index (Phi) is 4.88. The average Bonchev–Trinajstić information content (AvgIpc) is 3.04. The molecule has 2 aromatic carbocycles. The highest BCUT2D eigenvalue weighted by molar-refractivity contribution is 5.99. The van der Waals surface area contributed by atoms with Gasteiger partial charge in [-0.25, -0.2) is 5.43 Å². The minimum absolute atomic E-state index is 0.0964. The van der Waals surface area contributed by atoms with Gasteiger partial charge >= 0.3 is 0 Å². The number of carbonyl (C=O) groups is 1. The Bertz CT molecular complexity index is 810. The lowest BCUT2D eigenvalue weighted by Crippen LogP contribution is -2.25. The summed E-state index contributed by atoms with van der Waals surface area (Å²) in [5, 5.41) is 4.11. The van der Waals surface area contributed by atoms with Crippen LogP contribution in [0.15, 0.2) is 41.5 Å². The Morgan fingerprint density at radius 3 is 2.60 bits per heavy atom. The normalized spacial score (nSPS) is 12.8. The van der Waals surface area contributed by atoms with Gasteiger partial charge in [-0.3, -0.25) is 4.79 Å². The number of nitrogens with zero attached hydrogens (tertiary/aromatic N) is 1. The zero-order valence-corrected chi connectivity index (χ0v) is 14.5. The van der Waals surface area contributed by atoms with Crippen LogP contribution in [0.2, 0.25) is 0 Å². The van der Waals surface area contributed by atoms with E-state index in [0.29, 0.717) is 23.0 Å². The van der Waals surface area contributed by atoms with Gasteiger partial charge in [-0.15, -0.1) is 0 Å². The summed E-state index contributed by atoms with van der Waals surface area (Å²) in [6, 6.07) is 11.3. The van der Waals surface area contributed by atoms with Crippen molar-refractivity contribution in [3.63, 3.8) is 0 Å². The van der Waals surface area contributed by atoms with Crippen molar-refractivity contribution in [1.29, 1.82) is 0 Å². The van der Waals surface area contributed by atoms with Gasteiger partial charge in [-0.05, 0) is 62.2 Å². The lowest BCUT2D eigenvalue weighted by Gasteiger charge is -2.08. The molecule has 0 aliphatic carbocycles. The molecule has 130 valence electrons. The summed E-state index contributed by atoms with van der Waals surface area (Å²) >= 11 is 0. The van der Waals surface area contributed by atoms with Crippen molar-refractivity contribution in [2.75, 3.05) is 13.4 Å². The Balaban J connectivity index is 1.56. The second-order valence-electron chi connectivity index (χ2n) is 5.91. The molecule has 0 saturated heterocycles. The fourth-order valence-electron chi connectivity index (χ4n) is 2.53. The number of hydrazone groups is 1. The SMILES string of the molecule is CC(=NNC(=O)COc1cc(C)cc(C)c1)c1ccc2c(c1)OCO2. The third kappa shape index (κ3) is 4.29. The third-order valence-electron chi connectivity index (χ3n) is 3.70. The number of hydrogen-bond donors (Lipinski definition) is 1. The first-order valence-electron chi connectivity index (χ1n) is 7.95. The van der Waals surface area contributed by atoms with E-state index in [9.17, 15) is 4.79 Å². The zero-order valence-electron chi connectivity index (χ0n) is 14.5. The Morgan fingerprint density at radius 2 is 1.84 bits per heavy atom. The minimum Gasteiger partial charge on any atom is -0.484 e. The Hall–Kier alpha value is -3.02. The van der Waals surface area contributed by atoms with Gasteiger partial charge in [0, 0.05) is 5.56 Å². The maximum Gasteiger partial charge on any atom is 0.277 e. The second-order valence-corrected chi connectivity index (χ2v) is 5.91. The van der Waals surface area contributed by atoms with Crippen molar-refractivity contribution in [2.45, 2.75) is 20.8 Å². The zero-order chi connectivity index (χ0) is 17.8. The first-order valence-corrected chi connectivity index (χ1v) is 7.95. The van der Waals surface area contributed by atoms with Crippen molar-refractivity contribution in [2.24, 2.45) is 5.10 Å². The van der Waals surface area contributed by atoms with Crippen LogP contribution in [0.5, 0.6) is 17.2 Å². The number of ether oxygens (including phenoxy) is 3. The van der Waals surface area contributed by atoms with E-state index in [1.807, 2.05) is 57.2 Å². The smallest absolute Gasteiger partial charge is 0.277 e. The van der Waals surface area contributed by atoms with E-state index >= 15 is 0 Å². The predicted molar refractivity (Wildman–Crippen MR) is 94.3 cm³/mol. The number of fused-ring (bicyclic) bond motifs is 1. The molecule has 0 atom stereocenters. The van der Waals surface area contributed by atoms with Crippen molar-refractivity contribution in [1.82, 2.24) is 5.43 Å². The molecular formula is C19H20N2O4. The molecule has 1 N–H and O–H groups in total. The summed E-state index contributed by atoms with van der Waals surface area (Å²) in [7, 11) is 0. The molecule has 25 heavy (non-hydrogen) atoms. The molecule has 6 heteroatoms. The van der Waals surface area contributed by atoms with E-state index in [2.05, 4.69) is 10.5 Å². The van der Waals surface area contributed by atoms with Crippen molar-refractivity contribution in [3.8, 4) is 17.2 Å². The molecule has 1 aliphatic heterocycles. The fraction of sp³-hybridized carbons (Fsp3) is 0.263. The monoisotopic (exact) mass is 340 g/mol. The molecule has 0 radical (unpaired) electrons. The highest BCUT2D eigenvalue weighted by atomic mass is 16.7. The molecule has 1 heterocycles. The van der Waals surface area contributed by atoms with E-state index < -0.39 is 0 Å². The molecule has 0 fully saturated rings. The quantitative estimate of drug-likeness (QED) is 0.671. The number of benzene rings is 2. The van der Waals surface area contributed by atoms with Gasteiger partial charge in [-0.2, -0.15) is 5.10 Å². The van der Waals surface area contributed by atoms with Gasteiger partial charge in [-0.1, -0.05) is 6.07 Å². The van der Waals surface area contributed by atoms with E-state index in [0.717, 1.165) is 16.7 Å². The van der Waals surface area contributed by atoms with E-state index in [-0.39, 0.29) is 19.3 Å². The standard InChI is InChI=1S/C19H20N2O4/c1-12-6-13(2)8-16(7-12)23-10-19(22)21-20-14(3)15-4-5-17-18(9-15)25-11-24-17/h4-9H,10-11H2,1-3H3,(H,21,22). The number of aryl methyl sites for hydroxylation is 2. The first-order chi connectivity index (χ1) is 12.0. The summed E-state index contributed by atoms with van der Waals surface area (Å²) in [4.78, 5) is 11.9. The lowest BCUT2D eigenvalue weighted by atomic mass is 10.1. The lowest BCUT2D eigenvalue weighted by molar-refractivity contribution is -0.123. The van der Waals surface area contributed by atoms with Crippen molar-refractivity contribution in [3.05, 3.63) is 53.1 Å². The molecular weight excluding hydrogens is 320 g/mol. The van der Waals surface area contributed by atoms with Crippen LogP contribution in [0.4, 0.5) is 0 Å². The number of hydrogen-bond acceptors (Lipinski definition) is 5. The summed E-state index contributed by atoms with van der Waals surface area (Å²) < 4.78 is 16.1. The molecule has 1 aliphatic rings. The Morgan fingerprint density at radius 1 is 1.12 bits per heavy atom. The van der Waals surface area contributed by atoms with Crippen LogP contribution in [0.3, 0.4) is 0 Å². The van der Waals surface area contributed by atoms with Crippen LogP contribution in [0, 0.1) is 13.8 Å². The van der Waals surface area contributed by atoms with E-state index in [1.165, 1.54) is 0 Å². The molecule has 0 saturated carbocycles. The van der Waals surface area contributed by atoms with E-state index in [4.69, 9.17) is 14.2 Å². The Labute approximate surface area is 146 Å². The second kappa shape index (κ2) is 7.25. The highest BCUT2D eigenvalue weighted by Gasteiger charge is 2.14. The molecule has 6 nitrogen and oxygen atoms in total. The first kappa shape index (κ1) is 16.8. The molecule has 1 amide bonds. The van der Waals surface area contributed by atoms with Crippen LogP contribution in [-0.2, 0) is 4.79 Å². The van der Waals surface area contributed by atoms with E-state index in [1.54, 1.807) is 0 Å². The highest BCUT2D eigenvalue weighted by Crippen LogP contribution is 2.32. The van der Waals surface area contributed by atoms with Crippen molar-refractivity contribution >= 4 is 11.6 Å². The van der Waals surface area contributed by atoms with Gasteiger partial charge < -0.3 is 14.2 Å². The fourth-order valence-corrected chi connectivity index (χ4v) is 2.53. The molecule has 0 bridgehead atoms. The maximum atomic E-state index is 11.9. The molecule has 0 aromatic heterocycles. The van der Waals surface area contributed by atoms with Crippen molar-refractivity contribution < 1.29 is 19.0 Å². The van der Waals surface area contributed by atoms with Gasteiger partial charge in [0.2, 0.25) is 6.79 Å². The van der Waals surface area contributed by atoms with Gasteiger partial charge in [0.05, 0.1) is 5.71 Å². The topological polar surface area (TPSA) is 69.2 Å².